The second kappa shape index (κ2) is 5.63. The van der Waals surface area contributed by atoms with E-state index >= 15 is 0 Å². The van der Waals surface area contributed by atoms with E-state index in [9.17, 15) is 0 Å². The van der Waals surface area contributed by atoms with E-state index in [1.807, 2.05) is 18.7 Å². The average Bonchev–Trinajstić information content (AvgIpc) is 2.47. The van der Waals surface area contributed by atoms with Gasteiger partial charge < -0.3 is 28.4 Å². The van der Waals surface area contributed by atoms with Crippen molar-refractivity contribution < 1.29 is 28.4 Å². The highest BCUT2D eigenvalue weighted by atomic mass is 127. The summed E-state index contributed by atoms with van der Waals surface area (Å²) in [5.74, 6) is 0. The minimum Gasteiger partial charge on any atom is -1.00 e. The predicted molar refractivity (Wildman–Crippen MR) is 76.6 cm³/mol. The van der Waals surface area contributed by atoms with Crippen molar-refractivity contribution in [2.75, 3.05) is 14.1 Å². The molecule has 0 saturated carbocycles. The van der Waals surface area contributed by atoms with Crippen LogP contribution >= 0.6 is 56.5 Å². The van der Waals surface area contributed by atoms with Crippen molar-refractivity contribution in [2.24, 2.45) is 0 Å². The summed E-state index contributed by atoms with van der Waals surface area (Å²) < 4.78 is 11.4. The highest BCUT2D eigenvalue weighted by molar-refractivity contribution is 14.1. The van der Waals surface area contributed by atoms with Gasteiger partial charge in [0.25, 0.3) is 0 Å². The third-order valence-electron chi connectivity index (χ3n) is 1.73. The molecule has 1 aromatic carbocycles. The molecule has 1 heterocycles. The highest BCUT2D eigenvalue weighted by Crippen LogP contribution is 2.25. The molecule has 0 saturated heterocycles. The van der Waals surface area contributed by atoms with E-state index in [1.54, 1.807) is 11.3 Å². The zero-order valence-electron chi connectivity index (χ0n) is 8.05. The molecule has 0 radical (unpaired) electrons. The molecule has 0 fully saturated rings. The molecule has 6 heteroatoms. The molecule has 82 valence electrons. The fraction of sp³-hybridized carbons (Fsp3) is 0.222. The zero-order valence-corrected chi connectivity index (χ0v) is 15.3. The molecule has 2 rings (SSSR count). The molecule has 1 aromatic heterocycles. The molecule has 0 spiro atoms. The third kappa shape index (κ3) is 3.06. The zero-order chi connectivity index (χ0) is 10.3. The molecule has 2 nitrogen and oxygen atoms in total. The van der Waals surface area contributed by atoms with Crippen LogP contribution in [0.2, 0.25) is 0 Å². The monoisotopic (exact) mass is 559 g/mol. The smallest absolute Gasteiger partial charge is 0.430 e. The van der Waals surface area contributed by atoms with E-state index in [-0.39, 0.29) is 24.0 Å². The minimum atomic E-state index is 0. The summed E-state index contributed by atoms with van der Waals surface area (Å²) in [4.78, 5) is 0.944. The van der Waals surface area contributed by atoms with Gasteiger partial charge in [0.2, 0.25) is 0 Å². The van der Waals surface area contributed by atoms with Gasteiger partial charge in [0.05, 0.1) is 8.27 Å². The van der Waals surface area contributed by atoms with Crippen molar-refractivity contribution >= 4 is 66.8 Å². The Morgan fingerprint density at radius 2 is 1.93 bits per heavy atom. The van der Waals surface area contributed by atoms with Crippen LogP contribution in [0.1, 0.15) is 0 Å². The summed E-state index contributed by atoms with van der Waals surface area (Å²) in [5, 5.41) is 0. The third-order valence-corrected chi connectivity index (χ3v) is 4.30. The lowest BCUT2D eigenvalue weighted by atomic mass is 10.3. The number of hydrogen-bond donors (Lipinski definition) is 0. The van der Waals surface area contributed by atoms with E-state index in [2.05, 4.69) is 57.3 Å². The van der Waals surface area contributed by atoms with Crippen LogP contribution in [0.3, 0.4) is 0 Å². The number of halogens is 3. The standard InChI is InChI=1S/C9H8I2NOS.HI/c1-12(2)9-13-8-6(11)3-5(10)4-7(8)14-9;/h3-4H,1-2H3;1H/q+1;/p-1. The lowest BCUT2D eigenvalue weighted by molar-refractivity contribution is -0.00000296. The van der Waals surface area contributed by atoms with Crippen LogP contribution in [0, 0.1) is 7.14 Å². The van der Waals surface area contributed by atoms with Crippen molar-refractivity contribution in [2.45, 2.75) is 0 Å². The van der Waals surface area contributed by atoms with Gasteiger partial charge in [-0.05, 0) is 68.7 Å². The summed E-state index contributed by atoms with van der Waals surface area (Å²) in [6.07, 6.45) is 0. The number of fused-ring (bicyclic) bond motifs is 1. The van der Waals surface area contributed by atoms with Gasteiger partial charge in [-0.1, -0.05) is 0 Å². The van der Waals surface area contributed by atoms with Crippen LogP contribution in [0.15, 0.2) is 16.5 Å². The molecule has 0 amide bonds. The van der Waals surface area contributed by atoms with Crippen LogP contribution in [0.5, 0.6) is 0 Å². The van der Waals surface area contributed by atoms with Crippen LogP contribution in [-0.4, -0.2) is 14.1 Å². The lowest BCUT2D eigenvalue weighted by Gasteiger charge is -1.91. The average molecular weight is 559 g/mol. The Labute approximate surface area is 136 Å². The van der Waals surface area contributed by atoms with Gasteiger partial charge >= 0.3 is 4.87 Å². The molecule has 0 aliphatic heterocycles. The first kappa shape index (κ1) is 14.2. The van der Waals surface area contributed by atoms with Gasteiger partial charge in [0.1, 0.15) is 14.1 Å². The number of nitrogens with zero attached hydrogens (tertiary/aromatic N) is 1. The Morgan fingerprint density at radius 3 is 2.53 bits per heavy atom. The van der Waals surface area contributed by atoms with Crippen LogP contribution < -0.4 is 33.4 Å². The Balaban J connectivity index is 0.00000112. The summed E-state index contributed by atoms with van der Waals surface area (Å²) in [7, 11) is 3.98. The fourth-order valence-corrected chi connectivity index (χ4v) is 4.37. The maximum atomic E-state index is 5.75. The van der Waals surface area contributed by atoms with E-state index in [0.29, 0.717) is 0 Å². The summed E-state index contributed by atoms with van der Waals surface area (Å²) in [6.45, 7) is 0. The van der Waals surface area contributed by atoms with Crippen molar-refractivity contribution in [3.05, 3.63) is 24.1 Å². The second-order valence-corrected chi connectivity index (χ2v) is 6.48. The summed E-state index contributed by atoms with van der Waals surface area (Å²) in [5.41, 5.74) is 1.000. The topological polar surface area (TPSA) is 16.1 Å². The molecule has 0 aliphatic rings. The van der Waals surface area contributed by atoms with Crippen molar-refractivity contribution in [1.82, 2.24) is 4.58 Å². The van der Waals surface area contributed by atoms with Gasteiger partial charge in [0.15, 0.2) is 5.58 Å². The van der Waals surface area contributed by atoms with E-state index in [1.165, 1.54) is 11.8 Å². The summed E-state index contributed by atoms with van der Waals surface area (Å²) in [6, 6.07) is 4.28. The number of rotatable bonds is 0. The van der Waals surface area contributed by atoms with E-state index in [0.717, 1.165) is 10.5 Å². The first-order valence-electron chi connectivity index (χ1n) is 3.97. The first-order valence-corrected chi connectivity index (χ1v) is 6.94. The fourth-order valence-electron chi connectivity index (χ4n) is 1.10. The number of benzene rings is 1. The Kier molecular flexibility index (Phi) is 5.31. The molecule has 0 atom stereocenters. The highest BCUT2D eigenvalue weighted by Gasteiger charge is 2.09. The van der Waals surface area contributed by atoms with Gasteiger partial charge in [-0.15, -0.1) is 0 Å². The van der Waals surface area contributed by atoms with Gasteiger partial charge in [-0.3, -0.25) is 0 Å². The normalized spacial score (nSPS) is 10.1. The SMILES string of the molecule is C[N+](C)=c1oc2c(I)cc(I)cc2s1.[I-]. The second-order valence-electron chi connectivity index (χ2n) is 3.08. The molecule has 0 bridgehead atoms. The molecule has 2 aromatic rings. The Morgan fingerprint density at radius 1 is 1.27 bits per heavy atom. The van der Waals surface area contributed by atoms with Gasteiger partial charge in [-0.2, -0.15) is 4.58 Å². The maximum Gasteiger partial charge on any atom is 0.430 e. The first-order chi connectivity index (χ1) is 6.58. The Bertz CT molecular complexity index is 554. The molecular weight excluding hydrogens is 551 g/mol. The molecule has 0 N–H and O–H groups in total. The van der Waals surface area contributed by atoms with Crippen LogP contribution in [-0.2, 0) is 0 Å². The lowest BCUT2D eigenvalue weighted by Crippen LogP contribution is -3.00. The molecule has 0 aliphatic carbocycles. The molecule has 15 heavy (non-hydrogen) atoms. The van der Waals surface area contributed by atoms with Crippen LogP contribution in [0.25, 0.3) is 10.3 Å². The minimum absolute atomic E-state index is 0. The van der Waals surface area contributed by atoms with E-state index in [4.69, 9.17) is 4.42 Å². The summed E-state index contributed by atoms with van der Waals surface area (Å²) >= 11 is 6.32. The predicted octanol–water partition coefficient (Wildman–Crippen LogP) is -0.261. The number of hydrogen-bond acceptors (Lipinski definition) is 2. The largest absolute Gasteiger partial charge is 1.00 e. The van der Waals surface area contributed by atoms with Crippen molar-refractivity contribution in [3.8, 4) is 0 Å². The van der Waals surface area contributed by atoms with Crippen LogP contribution in [0.4, 0.5) is 0 Å². The van der Waals surface area contributed by atoms with E-state index < -0.39 is 0 Å². The van der Waals surface area contributed by atoms with Gasteiger partial charge in [-0.25, -0.2) is 0 Å². The van der Waals surface area contributed by atoms with Crippen molar-refractivity contribution in [3.63, 3.8) is 0 Å². The quantitative estimate of drug-likeness (QED) is 0.322. The maximum absolute atomic E-state index is 5.75. The Hall–Kier alpha value is 1.10. The molecule has 0 unspecified atom stereocenters. The van der Waals surface area contributed by atoms with Crippen molar-refractivity contribution in [1.29, 1.82) is 0 Å². The van der Waals surface area contributed by atoms with Gasteiger partial charge in [0, 0.05) is 3.57 Å². The molecular formula is C9H8I3NOS.